The van der Waals surface area contributed by atoms with Crippen LogP contribution in [0.3, 0.4) is 0 Å². The van der Waals surface area contributed by atoms with Gasteiger partial charge in [-0.05, 0) is 12.8 Å². The molecule has 4 heteroatoms. The van der Waals surface area contributed by atoms with Gasteiger partial charge in [0.25, 0.3) is 0 Å². The number of nitrogens with zero attached hydrogens (tertiary/aromatic N) is 1. The van der Waals surface area contributed by atoms with Gasteiger partial charge >= 0.3 is 0 Å². The largest absolute Gasteiger partial charge is 1.00 e. The molecule has 0 aliphatic rings. The number of halogens is 1. The Morgan fingerprint density at radius 1 is 1.00 bits per heavy atom. The Hall–Kier alpha value is 0.610. The van der Waals surface area contributed by atoms with Crippen molar-refractivity contribution in [2.75, 3.05) is 47.7 Å². The summed E-state index contributed by atoms with van der Waals surface area (Å²) >= 11 is 0. The Labute approximate surface area is 118 Å². The zero-order chi connectivity index (χ0) is 11.6. The standard InChI is InChI=1S/C12H28NO2.HI/c1-5-6-7-8-9-13(2,3)12-15-11-10-14-4;/h5-12H2,1-4H3;1H/q+1;/p-1. The molecule has 0 aromatic rings. The van der Waals surface area contributed by atoms with E-state index >= 15 is 0 Å². The molecule has 0 unspecified atom stereocenters. The number of hydrogen-bond acceptors (Lipinski definition) is 2. The van der Waals surface area contributed by atoms with Crippen molar-refractivity contribution in [3.63, 3.8) is 0 Å². The van der Waals surface area contributed by atoms with Gasteiger partial charge in [0, 0.05) is 7.11 Å². The van der Waals surface area contributed by atoms with Gasteiger partial charge in [-0.25, -0.2) is 0 Å². The quantitative estimate of drug-likeness (QED) is 0.225. The highest BCUT2D eigenvalue weighted by Gasteiger charge is 2.13. The normalized spacial score (nSPS) is 11.2. The number of ether oxygens (including phenoxy) is 2. The molecule has 0 amide bonds. The third-order valence-corrected chi connectivity index (χ3v) is 2.49. The molecule has 0 bridgehead atoms. The van der Waals surface area contributed by atoms with Gasteiger partial charge in [-0.2, -0.15) is 0 Å². The number of unbranched alkanes of at least 4 members (excludes halogenated alkanes) is 3. The van der Waals surface area contributed by atoms with Gasteiger partial charge in [-0.1, -0.05) is 19.8 Å². The van der Waals surface area contributed by atoms with Crippen LogP contribution < -0.4 is 24.0 Å². The van der Waals surface area contributed by atoms with Crippen LogP contribution in [-0.4, -0.2) is 52.2 Å². The van der Waals surface area contributed by atoms with E-state index in [1.54, 1.807) is 7.11 Å². The summed E-state index contributed by atoms with van der Waals surface area (Å²) in [5.41, 5.74) is 0. The second-order valence-corrected chi connectivity index (χ2v) is 4.75. The SMILES string of the molecule is CCCCCC[N+](C)(C)COCCOC.[I-]. The lowest BCUT2D eigenvalue weighted by Gasteiger charge is -2.29. The molecule has 3 nitrogen and oxygen atoms in total. The molecular weight excluding hydrogens is 317 g/mol. The van der Waals surface area contributed by atoms with Crippen molar-refractivity contribution in [1.82, 2.24) is 0 Å². The van der Waals surface area contributed by atoms with Gasteiger partial charge in [-0.15, -0.1) is 0 Å². The predicted octanol–water partition coefficient (Wildman–Crippen LogP) is -0.732. The maximum Gasteiger partial charge on any atom is 0.182 e. The lowest BCUT2D eigenvalue weighted by Crippen LogP contribution is -3.00. The van der Waals surface area contributed by atoms with Crippen LogP contribution in [0.2, 0.25) is 0 Å². The Morgan fingerprint density at radius 3 is 2.25 bits per heavy atom. The molecule has 0 aromatic carbocycles. The topological polar surface area (TPSA) is 18.5 Å². The van der Waals surface area contributed by atoms with Crippen molar-refractivity contribution < 1.29 is 37.9 Å². The molecule has 16 heavy (non-hydrogen) atoms. The van der Waals surface area contributed by atoms with Crippen LogP contribution in [0.15, 0.2) is 0 Å². The van der Waals surface area contributed by atoms with Crippen LogP contribution in [0.1, 0.15) is 32.6 Å². The van der Waals surface area contributed by atoms with E-state index in [0.717, 1.165) is 11.2 Å². The molecule has 0 N–H and O–H groups in total. The van der Waals surface area contributed by atoms with Crippen molar-refractivity contribution in [3.8, 4) is 0 Å². The second kappa shape index (κ2) is 12.1. The van der Waals surface area contributed by atoms with E-state index in [4.69, 9.17) is 9.47 Å². The lowest BCUT2D eigenvalue weighted by molar-refractivity contribution is -0.909. The van der Waals surface area contributed by atoms with Crippen molar-refractivity contribution in [1.29, 1.82) is 0 Å². The highest BCUT2D eigenvalue weighted by Crippen LogP contribution is 2.05. The molecule has 0 saturated heterocycles. The van der Waals surface area contributed by atoms with Gasteiger partial charge in [0.2, 0.25) is 0 Å². The average Bonchev–Trinajstić information content (AvgIpc) is 2.20. The molecule has 0 fully saturated rings. The first-order valence-corrected chi connectivity index (χ1v) is 6.01. The summed E-state index contributed by atoms with van der Waals surface area (Å²) in [5.74, 6) is 0. The summed E-state index contributed by atoms with van der Waals surface area (Å²) in [6.45, 7) is 5.62. The highest BCUT2D eigenvalue weighted by atomic mass is 127. The first kappa shape index (κ1) is 19.0. The Bertz CT molecular complexity index is 129. The molecular formula is C12H28INO2. The molecule has 0 radical (unpaired) electrons. The summed E-state index contributed by atoms with van der Waals surface area (Å²) in [4.78, 5) is 0. The fraction of sp³-hybridized carbons (Fsp3) is 1.00. The number of rotatable bonds is 10. The van der Waals surface area contributed by atoms with E-state index in [0.29, 0.717) is 13.2 Å². The fourth-order valence-corrected chi connectivity index (χ4v) is 1.49. The summed E-state index contributed by atoms with van der Waals surface area (Å²) in [6.07, 6.45) is 5.30. The average molecular weight is 345 g/mol. The van der Waals surface area contributed by atoms with Crippen LogP contribution in [0.25, 0.3) is 0 Å². The zero-order valence-corrected chi connectivity index (χ0v) is 13.5. The lowest BCUT2D eigenvalue weighted by atomic mass is 10.2. The first-order valence-electron chi connectivity index (χ1n) is 6.01. The Kier molecular flexibility index (Phi) is 14.3. The molecule has 0 aromatic heterocycles. The predicted molar refractivity (Wildman–Crippen MR) is 63.8 cm³/mol. The van der Waals surface area contributed by atoms with Gasteiger partial charge in [-0.3, -0.25) is 0 Å². The maximum atomic E-state index is 5.54. The summed E-state index contributed by atoms with van der Waals surface area (Å²) in [6, 6.07) is 0. The number of quaternary nitrogens is 1. The monoisotopic (exact) mass is 345 g/mol. The summed E-state index contributed by atoms with van der Waals surface area (Å²) in [7, 11) is 6.14. The molecule has 0 heterocycles. The van der Waals surface area contributed by atoms with Crippen LogP contribution in [-0.2, 0) is 9.47 Å². The minimum atomic E-state index is 0. The van der Waals surface area contributed by atoms with E-state index in [1.165, 1.54) is 32.2 Å². The fourth-order valence-electron chi connectivity index (χ4n) is 1.49. The van der Waals surface area contributed by atoms with Crippen molar-refractivity contribution in [3.05, 3.63) is 0 Å². The molecule has 0 spiro atoms. The van der Waals surface area contributed by atoms with Gasteiger partial charge < -0.3 is 37.9 Å². The molecule has 0 rings (SSSR count). The van der Waals surface area contributed by atoms with E-state index in [9.17, 15) is 0 Å². The maximum absolute atomic E-state index is 5.54. The third-order valence-electron chi connectivity index (χ3n) is 2.49. The van der Waals surface area contributed by atoms with E-state index in [-0.39, 0.29) is 24.0 Å². The highest BCUT2D eigenvalue weighted by molar-refractivity contribution is 4.39. The van der Waals surface area contributed by atoms with Crippen molar-refractivity contribution in [2.45, 2.75) is 32.6 Å². The van der Waals surface area contributed by atoms with E-state index in [1.807, 2.05) is 0 Å². The molecule has 0 aliphatic heterocycles. The van der Waals surface area contributed by atoms with Crippen LogP contribution in [0, 0.1) is 0 Å². The third kappa shape index (κ3) is 12.7. The van der Waals surface area contributed by atoms with Gasteiger partial charge in [0.1, 0.15) is 0 Å². The molecule has 0 aliphatic carbocycles. The van der Waals surface area contributed by atoms with Crippen LogP contribution in [0.4, 0.5) is 0 Å². The minimum Gasteiger partial charge on any atom is -1.00 e. The van der Waals surface area contributed by atoms with Crippen molar-refractivity contribution in [2.24, 2.45) is 0 Å². The smallest absolute Gasteiger partial charge is 0.182 e. The molecule has 0 saturated carbocycles. The second-order valence-electron chi connectivity index (χ2n) is 4.75. The molecule has 0 atom stereocenters. The summed E-state index contributed by atoms with van der Waals surface area (Å²) < 4.78 is 11.4. The van der Waals surface area contributed by atoms with Gasteiger partial charge in [0.15, 0.2) is 6.73 Å². The number of methoxy groups -OCH3 is 1. The minimum absolute atomic E-state index is 0. The molecule has 100 valence electrons. The van der Waals surface area contributed by atoms with E-state index in [2.05, 4.69) is 21.0 Å². The first-order chi connectivity index (χ1) is 7.12. The van der Waals surface area contributed by atoms with E-state index < -0.39 is 0 Å². The Morgan fingerprint density at radius 2 is 1.69 bits per heavy atom. The van der Waals surface area contributed by atoms with Crippen LogP contribution in [0.5, 0.6) is 0 Å². The Balaban J connectivity index is 0. The summed E-state index contributed by atoms with van der Waals surface area (Å²) in [5, 5.41) is 0. The van der Waals surface area contributed by atoms with Crippen molar-refractivity contribution >= 4 is 0 Å². The zero-order valence-electron chi connectivity index (χ0n) is 11.3. The number of hydrogen-bond donors (Lipinski definition) is 0. The van der Waals surface area contributed by atoms with Crippen LogP contribution >= 0.6 is 0 Å². The van der Waals surface area contributed by atoms with Gasteiger partial charge in [0.05, 0.1) is 33.9 Å².